The Hall–Kier alpha value is -3.57. The molecule has 0 fully saturated rings. The van der Waals surface area contributed by atoms with Crippen LogP contribution in [0, 0.1) is 0 Å². The fourth-order valence-corrected chi connectivity index (χ4v) is 2.86. The van der Waals surface area contributed by atoms with Crippen LogP contribution in [0.4, 0.5) is 0 Å². The van der Waals surface area contributed by atoms with Gasteiger partial charge >= 0.3 is 0 Å². The van der Waals surface area contributed by atoms with Gasteiger partial charge in [0.15, 0.2) is 17.5 Å². The summed E-state index contributed by atoms with van der Waals surface area (Å²) in [7, 11) is 0. The van der Waals surface area contributed by atoms with E-state index in [1.54, 1.807) is 0 Å². The molecule has 5 nitrogen and oxygen atoms in total. The van der Waals surface area contributed by atoms with Gasteiger partial charge in [-0.05, 0) is 12.1 Å². The summed E-state index contributed by atoms with van der Waals surface area (Å²) in [5.41, 5.74) is 2.59. The maximum atomic E-state index is 9.11. The van der Waals surface area contributed by atoms with Crippen LogP contribution in [0.1, 0.15) is 0 Å². The molecule has 0 unspecified atom stereocenters. The highest BCUT2D eigenvalue weighted by molar-refractivity contribution is 5.69. The number of benzene rings is 3. The largest absolute Gasteiger partial charge is 0.490 e. The number of hydrogen-bond acceptors (Lipinski definition) is 5. The summed E-state index contributed by atoms with van der Waals surface area (Å²) in [5.74, 6) is 2.35. The first-order chi connectivity index (χ1) is 13.8. The first kappa shape index (κ1) is 17.8. The lowest BCUT2D eigenvalue weighted by molar-refractivity contribution is 0.202. The Morgan fingerprint density at radius 2 is 1.11 bits per heavy atom. The molecule has 28 heavy (non-hydrogen) atoms. The van der Waals surface area contributed by atoms with Crippen molar-refractivity contribution < 1.29 is 9.84 Å². The van der Waals surface area contributed by atoms with Crippen molar-refractivity contribution >= 4 is 0 Å². The molecule has 0 aliphatic rings. The van der Waals surface area contributed by atoms with Crippen molar-refractivity contribution in [3.8, 4) is 39.9 Å². The SMILES string of the molecule is OCCOc1ccccc1-c1nc(-c2ccccc2)nc(-c2ccccc2)n1. The summed E-state index contributed by atoms with van der Waals surface area (Å²) in [6.45, 7) is 0.148. The highest BCUT2D eigenvalue weighted by Crippen LogP contribution is 2.30. The molecule has 1 N–H and O–H groups in total. The summed E-state index contributed by atoms with van der Waals surface area (Å²) in [6.07, 6.45) is 0. The predicted molar refractivity (Wildman–Crippen MR) is 109 cm³/mol. The average Bonchev–Trinajstić information content (AvgIpc) is 2.79. The van der Waals surface area contributed by atoms with Crippen molar-refractivity contribution in [2.75, 3.05) is 13.2 Å². The standard InChI is InChI=1S/C23H19N3O2/c27-15-16-28-20-14-8-7-13-19(20)23-25-21(17-9-3-1-4-10-17)24-22(26-23)18-11-5-2-6-12-18/h1-14,27H,15-16H2. The molecule has 0 radical (unpaired) electrons. The summed E-state index contributed by atoms with van der Waals surface area (Å²) >= 11 is 0. The monoisotopic (exact) mass is 369 g/mol. The lowest BCUT2D eigenvalue weighted by Gasteiger charge is -2.12. The Kier molecular flexibility index (Phi) is 5.36. The Balaban J connectivity index is 1.88. The minimum atomic E-state index is -0.0595. The fourth-order valence-electron chi connectivity index (χ4n) is 2.86. The molecule has 0 saturated heterocycles. The van der Waals surface area contributed by atoms with E-state index in [1.807, 2.05) is 84.9 Å². The number of aliphatic hydroxyl groups excluding tert-OH is 1. The van der Waals surface area contributed by atoms with Gasteiger partial charge in [-0.15, -0.1) is 0 Å². The number of para-hydroxylation sites is 1. The minimum absolute atomic E-state index is 0.0595. The highest BCUT2D eigenvalue weighted by atomic mass is 16.5. The Labute approximate surface area is 163 Å². The Bertz CT molecular complexity index is 996. The van der Waals surface area contributed by atoms with Gasteiger partial charge in [0.2, 0.25) is 0 Å². The molecule has 1 heterocycles. The van der Waals surface area contributed by atoms with Crippen LogP contribution in [0.15, 0.2) is 84.9 Å². The van der Waals surface area contributed by atoms with Crippen molar-refractivity contribution in [3.05, 3.63) is 84.9 Å². The minimum Gasteiger partial charge on any atom is -0.490 e. The van der Waals surface area contributed by atoms with E-state index in [0.29, 0.717) is 23.2 Å². The number of aliphatic hydroxyl groups is 1. The third kappa shape index (κ3) is 3.89. The van der Waals surface area contributed by atoms with Gasteiger partial charge < -0.3 is 9.84 Å². The van der Waals surface area contributed by atoms with Gasteiger partial charge in [-0.1, -0.05) is 72.8 Å². The van der Waals surface area contributed by atoms with E-state index in [0.717, 1.165) is 16.7 Å². The molecule has 0 bridgehead atoms. The normalized spacial score (nSPS) is 10.6. The lowest BCUT2D eigenvalue weighted by atomic mass is 10.1. The van der Waals surface area contributed by atoms with Gasteiger partial charge in [-0.25, -0.2) is 15.0 Å². The second-order valence-corrected chi connectivity index (χ2v) is 6.11. The zero-order valence-electron chi connectivity index (χ0n) is 15.2. The van der Waals surface area contributed by atoms with Gasteiger partial charge in [0.05, 0.1) is 12.2 Å². The molecule has 4 aromatic rings. The van der Waals surface area contributed by atoms with E-state index >= 15 is 0 Å². The van der Waals surface area contributed by atoms with E-state index in [-0.39, 0.29) is 13.2 Å². The average molecular weight is 369 g/mol. The van der Waals surface area contributed by atoms with Crippen molar-refractivity contribution in [3.63, 3.8) is 0 Å². The molecule has 0 saturated carbocycles. The Morgan fingerprint density at radius 1 is 0.607 bits per heavy atom. The maximum absolute atomic E-state index is 9.11. The van der Waals surface area contributed by atoms with Crippen molar-refractivity contribution in [2.45, 2.75) is 0 Å². The van der Waals surface area contributed by atoms with E-state index in [2.05, 4.69) is 4.98 Å². The summed E-state index contributed by atoms with van der Waals surface area (Å²) in [6, 6.07) is 27.2. The first-order valence-electron chi connectivity index (χ1n) is 9.05. The van der Waals surface area contributed by atoms with Gasteiger partial charge in [-0.2, -0.15) is 0 Å². The molecule has 0 spiro atoms. The molecule has 0 atom stereocenters. The van der Waals surface area contributed by atoms with Crippen LogP contribution in [-0.2, 0) is 0 Å². The van der Waals surface area contributed by atoms with Crippen LogP contribution < -0.4 is 4.74 Å². The van der Waals surface area contributed by atoms with Crippen LogP contribution in [0.3, 0.4) is 0 Å². The Morgan fingerprint density at radius 3 is 1.68 bits per heavy atom. The van der Waals surface area contributed by atoms with E-state index in [9.17, 15) is 0 Å². The van der Waals surface area contributed by atoms with Gasteiger partial charge in [0.1, 0.15) is 12.4 Å². The van der Waals surface area contributed by atoms with Gasteiger partial charge in [0, 0.05) is 11.1 Å². The third-order valence-corrected chi connectivity index (χ3v) is 4.18. The topological polar surface area (TPSA) is 68.1 Å². The van der Waals surface area contributed by atoms with Crippen molar-refractivity contribution in [1.82, 2.24) is 15.0 Å². The maximum Gasteiger partial charge on any atom is 0.167 e. The zero-order chi connectivity index (χ0) is 19.2. The van der Waals surface area contributed by atoms with Crippen molar-refractivity contribution in [1.29, 1.82) is 0 Å². The van der Waals surface area contributed by atoms with Gasteiger partial charge in [-0.3, -0.25) is 0 Å². The van der Waals surface area contributed by atoms with Crippen LogP contribution in [0.5, 0.6) is 5.75 Å². The molecular weight excluding hydrogens is 350 g/mol. The molecule has 3 aromatic carbocycles. The summed E-state index contributed by atoms with van der Waals surface area (Å²) in [4.78, 5) is 14.1. The fraction of sp³-hybridized carbons (Fsp3) is 0.0870. The smallest absolute Gasteiger partial charge is 0.167 e. The van der Waals surface area contributed by atoms with Crippen LogP contribution >= 0.6 is 0 Å². The molecular formula is C23H19N3O2. The quantitative estimate of drug-likeness (QED) is 0.550. The molecule has 1 aromatic heterocycles. The van der Waals surface area contributed by atoms with Crippen LogP contribution in [-0.4, -0.2) is 33.3 Å². The van der Waals surface area contributed by atoms with Crippen LogP contribution in [0.2, 0.25) is 0 Å². The molecule has 4 rings (SSSR count). The summed E-state index contributed by atoms with van der Waals surface area (Å²) in [5, 5.41) is 9.11. The second-order valence-electron chi connectivity index (χ2n) is 6.11. The molecule has 0 amide bonds. The van der Waals surface area contributed by atoms with E-state index in [4.69, 9.17) is 19.8 Å². The number of nitrogens with zero attached hydrogens (tertiary/aromatic N) is 3. The predicted octanol–water partition coefficient (Wildman–Crippen LogP) is 4.24. The molecule has 0 aliphatic heterocycles. The van der Waals surface area contributed by atoms with E-state index < -0.39 is 0 Å². The third-order valence-electron chi connectivity index (χ3n) is 4.18. The van der Waals surface area contributed by atoms with Crippen LogP contribution in [0.25, 0.3) is 34.2 Å². The highest BCUT2D eigenvalue weighted by Gasteiger charge is 2.14. The number of ether oxygens (including phenoxy) is 1. The molecule has 0 aliphatic carbocycles. The molecule has 5 heteroatoms. The number of aromatic nitrogens is 3. The molecule has 138 valence electrons. The number of rotatable bonds is 6. The number of hydrogen-bond donors (Lipinski definition) is 1. The second kappa shape index (κ2) is 8.41. The first-order valence-corrected chi connectivity index (χ1v) is 9.05. The summed E-state index contributed by atoms with van der Waals surface area (Å²) < 4.78 is 5.68. The lowest BCUT2D eigenvalue weighted by Crippen LogP contribution is -2.05. The van der Waals surface area contributed by atoms with E-state index in [1.165, 1.54) is 0 Å². The van der Waals surface area contributed by atoms with Crippen molar-refractivity contribution in [2.24, 2.45) is 0 Å². The zero-order valence-corrected chi connectivity index (χ0v) is 15.2. The van der Waals surface area contributed by atoms with Gasteiger partial charge in [0.25, 0.3) is 0 Å².